The van der Waals surface area contributed by atoms with Crippen molar-refractivity contribution in [3.05, 3.63) is 23.8 Å². The number of nitrogens with two attached hydrogens (primary N) is 1. The topological polar surface area (TPSA) is 63.4 Å². The highest BCUT2D eigenvalue weighted by molar-refractivity contribution is 7.89. The molecule has 0 aromatic heterocycles. The lowest BCUT2D eigenvalue weighted by molar-refractivity contribution is 0.395. The third-order valence-electron chi connectivity index (χ3n) is 3.77. The largest absolute Gasteiger partial charge is 0.398 e. The van der Waals surface area contributed by atoms with Gasteiger partial charge < -0.3 is 5.73 Å². The van der Waals surface area contributed by atoms with Crippen LogP contribution in [0.25, 0.3) is 0 Å². The van der Waals surface area contributed by atoms with Gasteiger partial charge in [0.15, 0.2) is 0 Å². The number of nitrogens with zero attached hydrogens (tertiary/aromatic N) is 1. The van der Waals surface area contributed by atoms with Gasteiger partial charge in [0.25, 0.3) is 0 Å². The molecule has 0 bridgehead atoms. The molecule has 4 nitrogen and oxygen atoms in total. The minimum absolute atomic E-state index is 0.321. The van der Waals surface area contributed by atoms with Crippen LogP contribution in [0.3, 0.4) is 0 Å². The molecule has 2 N–H and O–H groups in total. The Hall–Kier alpha value is -1.07. The normalized spacial score (nSPS) is 15.8. The molecule has 20 heavy (non-hydrogen) atoms. The van der Waals surface area contributed by atoms with Crippen LogP contribution in [0.5, 0.6) is 0 Å². The van der Waals surface area contributed by atoms with E-state index >= 15 is 0 Å². The van der Waals surface area contributed by atoms with Gasteiger partial charge in [0.2, 0.25) is 10.0 Å². The summed E-state index contributed by atoms with van der Waals surface area (Å²) in [6.07, 6.45) is 3.93. The van der Waals surface area contributed by atoms with Crippen LogP contribution < -0.4 is 5.73 Å². The Bertz CT molecular complexity index is 565. The highest BCUT2D eigenvalue weighted by Crippen LogP contribution is 2.32. The molecule has 1 aromatic rings. The zero-order chi connectivity index (χ0) is 14.8. The molecule has 2 rings (SSSR count). The van der Waals surface area contributed by atoms with Gasteiger partial charge in [-0.25, -0.2) is 8.42 Å². The fourth-order valence-electron chi connectivity index (χ4n) is 2.35. The molecular weight excluding hydrogens is 272 g/mol. The first-order valence-electron chi connectivity index (χ1n) is 7.37. The average molecular weight is 296 g/mol. The highest BCUT2D eigenvalue weighted by Gasteiger charge is 2.31. The quantitative estimate of drug-likeness (QED) is 0.787. The summed E-state index contributed by atoms with van der Waals surface area (Å²) in [5.41, 5.74) is 7.49. The minimum atomic E-state index is -3.41. The number of hydrogen-bond donors (Lipinski definition) is 1. The Labute approximate surface area is 122 Å². The first-order chi connectivity index (χ1) is 9.48. The Morgan fingerprint density at radius 1 is 1.30 bits per heavy atom. The maximum absolute atomic E-state index is 12.7. The molecule has 1 aromatic carbocycles. The van der Waals surface area contributed by atoms with Crippen molar-refractivity contribution in [2.45, 2.75) is 44.4 Å². The number of sulfonamides is 1. The van der Waals surface area contributed by atoms with E-state index in [2.05, 4.69) is 0 Å². The molecule has 0 saturated heterocycles. The van der Waals surface area contributed by atoms with Gasteiger partial charge in [-0.3, -0.25) is 0 Å². The molecule has 5 heteroatoms. The molecule has 112 valence electrons. The minimum Gasteiger partial charge on any atom is -0.398 e. The Morgan fingerprint density at radius 3 is 2.50 bits per heavy atom. The summed E-state index contributed by atoms with van der Waals surface area (Å²) in [7, 11) is -3.41. The predicted octanol–water partition coefficient (Wildman–Crippen LogP) is 2.64. The number of hydrogen-bond acceptors (Lipinski definition) is 3. The SMILES string of the molecule is CCCN(CC1CC1)S(=O)(=O)c1ccc(CC)c(N)c1. The van der Waals surface area contributed by atoms with Crippen LogP contribution in [0.15, 0.2) is 23.1 Å². The molecule has 1 saturated carbocycles. The standard InChI is InChI=1S/C15H24N2O2S/c1-3-9-17(11-12-5-6-12)20(18,19)14-8-7-13(4-2)15(16)10-14/h7-8,10,12H,3-6,9,11,16H2,1-2H3. The molecule has 0 radical (unpaired) electrons. The number of aryl methyl sites for hydroxylation is 1. The monoisotopic (exact) mass is 296 g/mol. The zero-order valence-electron chi connectivity index (χ0n) is 12.3. The smallest absolute Gasteiger partial charge is 0.243 e. The van der Waals surface area contributed by atoms with Gasteiger partial charge in [-0.1, -0.05) is 19.9 Å². The number of rotatable bonds is 7. The van der Waals surface area contributed by atoms with Gasteiger partial charge in [0.05, 0.1) is 4.90 Å². The number of benzene rings is 1. The second-order valence-corrected chi connectivity index (χ2v) is 7.46. The maximum Gasteiger partial charge on any atom is 0.243 e. The van der Waals surface area contributed by atoms with Crippen molar-refractivity contribution in [1.29, 1.82) is 0 Å². The number of anilines is 1. The molecule has 0 unspecified atom stereocenters. The third-order valence-corrected chi connectivity index (χ3v) is 5.63. The lowest BCUT2D eigenvalue weighted by Gasteiger charge is -2.22. The maximum atomic E-state index is 12.7. The summed E-state index contributed by atoms with van der Waals surface area (Å²) >= 11 is 0. The Morgan fingerprint density at radius 2 is 2.00 bits per heavy atom. The van der Waals surface area contributed by atoms with Crippen molar-refractivity contribution in [2.75, 3.05) is 18.8 Å². The lowest BCUT2D eigenvalue weighted by Crippen LogP contribution is -2.33. The van der Waals surface area contributed by atoms with Crippen LogP contribution in [0, 0.1) is 5.92 Å². The van der Waals surface area contributed by atoms with Crippen molar-refractivity contribution < 1.29 is 8.42 Å². The predicted molar refractivity (Wildman–Crippen MR) is 82.0 cm³/mol. The number of nitrogen functional groups attached to an aromatic ring is 1. The molecule has 1 aliphatic carbocycles. The van der Waals surface area contributed by atoms with Crippen molar-refractivity contribution in [3.8, 4) is 0 Å². The van der Waals surface area contributed by atoms with E-state index in [0.717, 1.165) is 31.2 Å². The van der Waals surface area contributed by atoms with E-state index in [1.165, 1.54) is 0 Å². The van der Waals surface area contributed by atoms with Crippen LogP contribution in [0.4, 0.5) is 5.69 Å². The van der Waals surface area contributed by atoms with Gasteiger partial charge in [-0.2, -0.15) is 4.31 Å². The molecule has 0 spiro atoms. The highest BCUT2D eigenvalue weighted by atomic mass is 32.2. The first-order valence-corrected chi connectivity index (χ1v) is 8.81. The summed E-state index contributed by atoms with van der Waals surface area (Å²) in [4.78, 5) is 0.321. The van der Waals surface area contributed by atoms with Crippen LogP contribution in [0.2, 0.25) is 0 Å². The van der Waals surface area contributed by atoms with E-state index < -0.39 is 10.0 Å². The fourth-order valence-corrected chi connectivity index (χ4v) is 4.00. The summed E-state index contributed by atoms with van der Waals surface area (Å²) in [5.74, 6) is 0.545. The molecule has 0 amide bonds. The van der Waals surface area contributed by atoms with Gasteiger partial charge in [-0.15, -0.1) is 0 Å². The first kappa shape index (κ1) is 15.3. The molecule has 1 aliphatic rings. The van der Waals surface area contributed by atoms with Gasteiger partial charge in [-0.05, 0) is 49.3 Å². The van der Waals surface area contributed by atoms with Crippen LogP contribution in [0.1, 0.15) is 38.7 Å². The molecule has 0 atom stereocenters. The molecule has 0 heterocycles. The van der Waals surface area contributed by atoms with Crippen LogP contribution in [-0.2, 0) is 16.4 Å². The van der Waals surface area contributed by atoms with E-state index in [0.29, 0.717) is 29.6 Å². The van der Waals surface area contributed by atoms with Gasteiger partial charge in [0, 0.05) is 18.8 Å². The second-order valence-electron chi connectivity index (χ2n) is 5.52. The lowest BCUT2D eigenvalue weighted by atomic mass is 10.1. The van der Waals surface area contributed by atoms with E-state index in [9.17, 15) is 8.42 Å². The van der Waals surface area contributed by atoms with Crippen molar-refractivity contribution in [2.24, 2.45) is 5.92 Å². The van der Waals surface area contributed by atoms with Crippen LogP contribution in [-0.4, -0.2) is 25.8 Å². The molecular formula is C15H24N2O2S. The van der Waals surface area contributed by atoms with E-state index in [-0.39, 0.29) is 0 Å². The molecule has 1 fully saturated rings. The van der Waals surface area contributed by atoms with Crippen molar-refractivity contribution in [3.63, 3.8) is 0 Å². The van der Waals surface area contributed by atoms with Gasteiger partial charge in [0.1, 0.15) is 0 Å². The second kappa shape index (κ2) is 6.14. The Kier molecular flexibility index (Phi) is 4.70. The summed E-state index contributed by atoms with van der Waals surface area (Å²) in [6, 6.07) is 5.10. The third kappa shape index (κ3) is 3.33. The molecule has 0 aliphatic heterocycles. The summed E-state index contributed by atoms with van der Waals surface area (Å²) in [5, 5.41) is 0. The Balaban J connectivity index is 2.28. The van der Waals surface area contributed by atoms with Gasteiger partial charge >= 0.3 is 0 Å². The average Bonchev–Trinajstić information content (AvgIpc) is 3.22. The van der Waals surface area contributed by atoms with E-state index in [1.807, 2.05) is 19.9 Å². The zero-order valence-corrected chi connectivity index (χ0v) is 13.1. The van der Waals surface area contributed by atoms with E-state index in [1.54, 1.807) is 16.4 Å². The van der Waals surface area contributed by atoms with Crippen LogP contribution >= 0.6 is 0 Å². The van der Waals surface area contributed by atoms with Crippen molar-refractivity contribution in [1.82, 2.24) is 4.31 Å². The summed E-state index contributed by atoms with van der Waals surface area (Å²) in [6.45, 7) is 5.24. The van der Waals surface area contributed by atoms with E-state index in [4.69, 9.17) is 5.73 Å². The fraction of sp³-hybridized carbons (Fsp3) is 0.600. The van der Waals surface area contributed by atoms with Crippen molar-refractivity contribution >= 4 is 15.7 Å². The summed E-state index contributed by atoms with van der Waals surface area (Å²) < 4.78 is 27.0.